The second-order valence-corrected chi connectivity index (χ2v) is 5.63. The molecule has 1 N–H and O–H groups in total. The third-order valence-electron chi connectivity index (χ3n) is 3.64. The van der Waals surface area contributed by atoms with Crippen molar-refractivity contribution >= 4 is 17.4 Å². The normalized spacial score (nSPS) is 10.2. The standard InChI is InChI=1S/C19H21NO4/c1-20(2)17-8-4-3-6-14(17)7-5-13-24-16-11-9-15(10-12-16)18(21)19(22)23/h3-4,6,8-12H,5,7,13H2,1-2H3,(H,22,23). The first kappa shape index (κ1) is 17.5. The van der Waals surface area contributed by atoms with Gasteiger partial charge in [0.25, 0.3) is 5.78 Å². The summed E-state index contributed by atoms with van der Waals surface area (Å²) in [5, 5.41) is 8.66. The maximum absolute atomic E-state index is 11.3. The summed E-state index contributed by atoms with van der Waals surface area (Å²) in [6.07, 6.45) is 1.77. The van der Waals surface area contributed by atoms with Gasteiger partial charge in [-0.25, -0.2) is 4.79 Å². The lowest BCUT2D eigenvalue weighted by Crippen LogP contribution is -2.12. The molecule has 5 nitrogen and oxygen atoms in total. The van der Waals surface area contributed by atoms with Crippen molar-refractivity contribution < 1.29 is 19.4 Å². The minimum Gasteiger partial charge on any atom is -0.494 e. The fourth-order valence-corrected chi connectivity index (χ4v) is 2.44. The molecular weight excluding hydrogens is 306 g/mol. The molecule has 0 aromatic heterocycles. The van der Waals surface area contributed by atoms with Crippen molar-refractivity contribution in [3.05, 3.63) is 59.7 Å². The molecule has 2 aromatic rings. The average Bonchev–Trinajstić information content (AvgIpc) is 2.58. The summed E-state index contributed by atoms with van der Waals surface area (Å²) < 4.78 is 5.65. The van der Waals surface area contributed by atoms with Crippen molar-refractivity contribution in [3.63, 3.8) is 0 Å². The molecule has 0 unspecified atom stereocenters. The van der Waals surface area contributed by atoms with E-state index in [0.29, 0.717) is 12.4 Å². The van der Waals surface area contributed by atoms with Crippen LogP contribution in [0, 0.1) is 0 Å². The number of benzene rings is 2. The zero-order valence-electron chi connectivity index (χ0n) is 13.9. The van der Waals surface area contributed by atoms with Gasteiger partial charge in [-0.1, -0.05) is 18.2 Å². The van der Waals surface area contributed by atoms with Crippen LogP contribution in [0.4, 0.5) is 5.69 Å². The van der Waals surface area contributed by atoms with Gasteiger partial charge in [-0.3, -0.25) is 4.79 Å². The van der Waals surface area contributed by atoms with E-state index in [4.69, 9.17) is 9.84 Å². The lowest BCUT2D eigenvalue weighted by atomic mass is 10.1. The highest BCUT2D eigenvalue weighted by Crippen LogP contribution is 2.20. The van der Waals surface area contributed by atoms with Gasteiger partial charge in [-0.05, 0) is 48.7 Å². The van der Waals surface area contributed by atoms with Crippen molar-refractivity contribution in [3.8, 4) is 5.75 Å². The van der Waals surface area contributed by atoms with Gasteiger partial charge in [-0.2, -0.15) is 0 Å². The lowest BCUT2D eigenvalue weighted by Gasteiger charge is -2.17. The van der Waals surface area contributed by atoms with Crippen LogP contribution in [0.25, 0.3) is 0 Å². The SMILES string of the molecule is CN(C)c1ccccc1CCCOc1ccc(C(=O)C(=O)O)cc1. The Morgan fingerprint density at radius 2 is 1.71 bits per heavy atom. The van der Waals surface area contributed by atoms with Gasteiger partial charge in [0.15, 0.2) is 0 Å². The molecule has 0 saturated heterocycles. The van der Waals surface area contributed by atoms with Gasteiger partial charge in [0.1, 0.15) is 5.75 Å². The molecule has 126 valence electrons. The highest BCUT2D eigenvalue weighted by Gasteiger charge is 2.13. The molecule has 0 amide bonds. The first-order valence-corrected chi connectivity index (χ1v) is 7.74. The molecule has 24 heavy (non-hydrogen) atoms. The predicted octanol–water partition coefficient (Wildman–Crippen LogP) is 3.03. The van der Waals surface area contributed by atoms with E-state index in [9.17, 15) is 9.59 Å². The van der Waals surface area contributed by atoms with E-state index in [1.165, 1.54) is 23.4 Å². The van der Waals surface area contributed by atoms with Crippen LogP contribution in [0.5, 0.6) is 5.75 Å². The van der Waals surface area contributed by atoms with Crippen LogP contribution in [-0.2, 0) is 11.2 Å². The summed E-state index contributed by atoms with van der Waals surface area (Å²) >= 11 is 0. The number of ether oxygens (including phenoxy) is 1. The van der Waals surface area contributed by atoms with Crippen LogP contribution in [-0.4, -0.2) is 37.6 Å². The number of aliphatic carboxylic acids is 1. The van der Waals surface area contributed by atoms with Crippen molar-refractivity contribution in [1.29, 1.82) is 0 Å². The predicted molar refractivity (Wildman–Crippen MR) is 93.0 cm³/mol. The molecule has 0 bridgehead atoms. The summed E-state index contributed by atoms with van der Waals surface area (Å²) in [6.45, 7) is 0.550. The number of carboxylic acids is 1. The van der Waals surface area contributed by atoms with E-state index >= 15 is 0 Å². The molecule has 0 radical (unpaired) electrons. The molecule has 2 rings (SSSR count). The Bertz CT molecular complexity index is 708. The number of carbonyl (C=O) groups excluding carboxylic acids is 1. The highest BCUT2D eigenvalue weighted by molar-refractivity contribution is 6.39. The maximum Gasteiger partial charge on any atom is 0.377 e. The number of rotatable bonds is 8. The monoisotopic (exact) mass is 327 g/mol. The Labute approximate surface area is 141 Å². The average molecular weight is 327 g/mol. The zero-order chi connectivity index (χ0) is 17.5. The van der Waals surface area contributed by atoms with E-state index in [0.717, 1.165) is 12.8 Å². The number of carbonyl (C=O) groups is 2. The molecular formula is C19H21NO4. The molecule has 5 heteroatoms. The zero-order valence-corrected chi connectivity index (χ0v) is 13.9. The van der Waals surface area contributed by atoms with Gasteiger partial charge in [0.05, 0.1) is 6.61 Å². The number of Topliss-reactive ketones (excluding diaryl/α,β-unsaturated/α-hetero) is 1. The second kappa shape index (κ2) is 8.15. The number of anilines is 1. The summed E-state index contributed by atoms with van der Waals surface area (Å²) in [5.41, 5.74) is 2.62. The Morgan fingerprint density at radius 3 is 2.33 bits per heavy atom. The van der Waals surface area contributed by atoms with Crippen LogP contribution in [0.1, 0.15) is 22.3 Å². The van der Waals surface area contributed by atoms with Crippen molar-refractivity contribution in [2.24, 2.45) is 0 Å². The van der Waals surface area contributed by atoms with Crippen molar-refractivity contribution in [1.82, 2.24) is 0 Å². The minimum absolute atomic E-state index is 0.148. The van der Waals surface area contributed by atoms with Crippen molar-refractivity contribution in [2.75, 3.05) is 25.6 Å². The van der Waals surface area contributed by atoms with Gasteiger partial charge < -0.3 is 14.7 Å². The van der Waals surface area contributed by atoms with Crippen LogP contribution in [0.3, 0.4) is 0 Å². The van der Waals surface area contributed by atoms with E-state index in [1.54, 1.807) is 12.1 Å². The maximum atomic E-state index is 11.3. The Balaban J connectivity index is 1.85. The molecule has 0 aliphatic heterocycles. The first-order chi connectivity index (χ1) is 11.5. The molecule has 2 aromatic carbocycles. The third-order valence-corrected chi connectivity index (χ3v) is 3.64. The fraction of sp³-hybridized carbons (Fsp3) is 0.263. The third kappa shape index (κ3) is 4.59. The number of aryl methyl sites for hydroxylation is 1. The summed E-state index contributed by atoms with van der Waals surface area (Å²) in [5.74, 6) is -1.75. The molecule has 0 atom stereocenters. The van der Waals surface area contributed by atoms with Gasteiger partial charge in [0, 0.05) is 25.3 Å². The van der Waals surface area contributed by atoms with Crippen LogP contribution in [0.2, 0.25) is 0 Å². The fourth-order valence-electron chi connectivity index (χ4n) is 2.44. The highest BCUT2D eigenvalue weighted by atomic mass is 16.5. The summed E-state index contributed by atoms with van der Waals surface area (Å²) in [6, 6.07) is 14.4. The van der Waals surface area contributed by atoms with Gasteiger partial charge in [-0.15, -0.1) is 0 Å². The minimum atomic E-state index is -1.46. The van der Waals surface area contributed by atoms with Gasteiger partial charge in [0.2, 0.25) is 0 Å². The lowest BCUT2D eigenvalue weighted by molar-refractivity contribution is -0.131. The first-order valence-electron chi connectivity index (χ1n) is 7.74. The molecule has 0 fully saturated rings. The Morgan fingerprint density at radius 1 is 1.04 bits per heavy atom. The second-order valence-electron chi connectivity index (χ2n) is 5.63. The quantitative estimate of drug-likeness (QED) is 0.458. The largest absolute Gasteiger partial charge is 0.494 e. The number of nitrogens with zero attached hydrogens (tertiary/aromatic N) is 1. The number of hydrogen-bond donors (Lipinski definition) is 1. The summed E-state index contributed by atoms with van der Waals surface area (Å²) in [7, 11) is 4.05. The van der Waals surface area contributed by atoms with E-state index in [1.807, 2.05) is 26.2 Å². The molecule has 0 aliphatic rings. The molecule has 0 spiro atoms. The van der Waals surface area contributed by atoms with E-state index in [2.05, 4.69) is 17.0 Å². The Kier molecular flexibility index (Phi) is 5.95. The number of para-hydroxylation sites is 1. The molecule has 0 aliphatic carbocycles. The van der Waals surface area contributed by atoms with E-state index < -0.39 is 11.8 Å². The number of carboxylic acid groups (broad SMARTS) is 1. The van der Waals surface area contributed by atoms with Crippen LogP contribution in [0.15, 0.2) is 48.5 Å². The topological polar surface area (TPSA) is 66.8 Å². The van der Waals surface area contributed by atoms with Crippen LogP contribution >= 0.6 is 0 Å². The summed E-state index contributed by atoms with van der Waals surface area (Å²) in [4.78, 5) is 24.0. The molecule has 0 heterocycles. The smallest absolute Gasteiger partial charge is 0.377 e. The van der Waals surface area contributed by atoms with Crippen LogP contribution < -0.4 is 9.64 Å². The van der Waals surface area contributed by atoms with Gasteiger partial charge >= 0.3 is 5.97 Å². The molecule has 0 saturated carbocycles. The van der Waals surface area contributed by atoms with E-state index in [-0.39, 0.29) is 5.56 Å². The number of ketones is 1. The number of hydrogen-bond acceptors (Lipinski definition) is 4. The Hall–Kier alpha value is -2.82. The van der Waals surface area contributed by atoms with Crippen molar-refractivity contribution in [2.45, 2.75) is 12.8 Å².